The number of anilines is 2. The Bertz CT molecular complexity index is 1370. The Balaban J connectivity index is 1.88. The first-order chi connectivity index (χ1) is 13.7. The van der Waals surface area contributed by atoms with Crippen LogP contribution in [0.5, 0.6) is 0 Å². The fourth-order valence-electron chi connectivity index (χ4n) is 3.37. The van der Waals surface area contributed by atoms with Gasteiger partial charge in [0.2, 0.25) is 5.88 Å². The Hall–Kier alpha value is -3.86. The molecule has 136 valence electrons. The Labute approximate surface area is 158 Å². The molecular formula is C23H14FNO3. The maximum absolute atomic E-state index is 14.6. The van der Waals surface area contributed by atoms with Crippen molar-refractivity contribution in [3.05, 3.63) is 95.1 Å². The van der Waals surface area contributed by atoms with Crippen LogP contribution in [0.25, 0.3) is 33.1 Å². The first kappa shape index (κ1) is 16.3. The molecule has 5 heteroatoms. The average molecular weight is 371 g/mol. The molecular weight excluding hydrogens is 357 g/mol. The van der Waals surface area contributed by atoms with Gasteiger partial charge < -0.3 is 14.2 Å². The lowest BCUT2D eigenvalue weighted by Gasteiger charge is -2.07. The molecule has 0 spiro atoms. The highest BCUT2D eigenvalue weighted by molar-refractivity contribution is 6.10. The van der Waals surface area contributed by atoms with Gasteiger partial charge in [-0.25, -0.2) is 9.18 Å². The van der Waals surface area contributed by atoms with Crippen molar-refractivity contribution in [2.45, 2.75) is 0 Å². The van der Waals surface area contributed by atoms with Crippen molar-refractivity contribution in [1.29, 1.82) is 0 Å². The number of hydrogen-bond acceptors (Lipinski definition) is 4. The van der Waals surface area contributed by atoms with Crippen molar-refractivity contribution in [2.24, 2.45) is 0 Å². The number of rotatable bonds is 3. The summed E-state index contributed by atoms with van der Waals surface area (Å²) < 4.78 is 26.2. The van der Waals surface area contributed by atoms with Gasteiger partial charge in [-0.15, -0.1) is 0 Å². The predicted molar refractivity (Wildman–Crippen MR) is 107 cm³/mol. The summed E-state index contributed by atoms with van der Waals surface area (Å²) in [6, 6.07) is 22.8. The third-order valence-corrected chi connectivity index (χ3v) is 4.62. The Kier molecular flexibility index (Phi) is 3.72. The van der Waals surface area contributed by atoms with Crippen LogP contribution in [0.1, 0.15) is 0 Å². The van der Waals surface area contributed by atoms with E-state index in [4.69, 9.17) is 8.83 Å². The largest absolute Gasteiger partial charge is 0.439 e. The van der Waals surface area contributed by atoms with Crippen LogP contribution in [0.3, 0.4) is 0 Å². The van der Waals surface area contributed by atoms with Crippen LogP contribution < -0.4 is 10.9 Å². The number of hydrogen-bond donors (Lipinski definition) is 1. The Morgan fingerprint density at radius 2 is 1.50 bits per heavy atom. The van der Waals surface area contributed by atoms with Crippen LogP contribution in [0.15, 0.2) is 92.5 Å². The van der Waals surface area contributed by atoms with Gasteiger partial charge in [0.1, 0.15) is 16.8 Å². The molecule has 2 aromatic heterocycles. The minimum absolute atomic E-state index is 0.210. The molecule has 0 unspecified atom stereocenters. The molecule has 0 amide bonds. The summed E-state index contributed by atoms with van der Waals surface area (Å²) in [5.41, 5.74) is 1.58. The van der Waals surface area contributed by atoms with E-state index in [9.17, 15) is 9.18 Å². The number of fused-ring (bicyclic) bond motifs is 3. The lowest BCUT2D eigenvalue weighted by atomic mass is 10.0. The molecule has 0 aliphatic rings. The van der Waals surface area contributed by atoms with E-state index in [1.54, 1.807) is 30.3 Å². The second-order valence-electron chi connectivity index (χ2n) is 6.37. The van der Waals surface area contributed by atoms with Crippen LogP contribution in [0, 0.1) is 5.82 Å². The summed E-state index contributed by atoms with van der Waals surface area (Å²) >= 11 is 0. The summed E-state index contributed by atoms with van der Waals surface area (Å²) in [5, 5.41) is 4.02. The topological polar surface area (TPSA) is 55.4 Å². The molecule has 0 bridgehead atoms. The van der Waals surface area contributed by atoms with Crippen molar-refractivity contribution in [1.82, 2.24) is 0 Å². The smallest absolute Gasteiger partial charge is 0.348 e. The normalized spacial score (nSPS) is 11.2. The molecule has 28 heavy (non-hydrogen) atoms. The van der Waals surface area contributed by atoms with Gasteiger partial charge in [-0.1, -0.05) is 48.5 Å². The fourth-order valence-corrected chi connectivity index (χ4v) is 3.37. The molecule has 4 nitrogen and oxygen atoms in total. The van der Waals surface area contributed by atoms with Crippen LogP contribution >= 0.6 is 0 Å². The molecule has 3 aromatic carbocycles. The number of nitrogens with one attached hydrogen (secondary N) is 1. The van der Waals surface area contributed by atoms with Crippen LogP contribution in [0.4, 0.5) is 16.0 Å². The van der Waals surface area contributed by atoms with Gasteiger partial charge in [0.15, 0.2) is 5.58 Å². The molecule has 2 heterocycles. The number of benzene rings is 3. The molecule has 0 atom stereocenters. The van der Waals surface area contributed by atoms with E-state index >= 15 is 0 Å². The van der Waals surface area contributed by atoms with Crippen molar-refractivity contribution in [3.8, 4) is 11.1 Å². The molecule has 0 aliphatic heterocycles. The quantitative estimate of drug-likeness (QED) is 0.390. The van der Waals surface area contributed by atoms with E-state index in [0.29, 0.717) is 22.1 Å². The van der Waals surface area contributed by atoms with Gasteiger partial charge in [-0.3, -0.25) is 0 Å². The SMILES string of the molecule is O=c1oc2ccccc2c2oc(Nc3ccccc3)c(-c3ccccc3F)c12. The zero-order valence-corrected chi connectivity index (χ0v) is 14.6. The number of halogens is 1. The predicted octanol–water partition coefficient (Wildman–Crippen LogP) is 6.09. The zero-order chi connectivity index (χ0) is 19.1. The number of furan rings is 1. The van der Waals surface area contributed by atoms with E-state index in [0.717, 1.165) is 5.69 Å². The molecule has 5 rings (SSSR count). The van der Waals surface area contributed by atoms with Crippen LogP contribution in [-0.2, 0) is 0 Å². The van der Waals surface area contributed by atoms with Gasteiger partial charge in [0.25, 0.3) is 0 Å². The first-order valence-electron chi connectivity index (χ1n) is 8.77. The molecule has 0 saturated heterocycles. The minimum atomic E-state index is -0.572. The zero-order valence-electron chi connectivity index (χ0n) is 14.6. The first-order valence-corrected chi connectivity index (χ1v) is 8.77. The summed E-state index contributed by atoms with van der Waals surface area (Å²) in [6.07, 6.45) is 0. The van der Waals surface area contributed by atoms with Gasteiger partial charge in [0, 0.05) is 11.3 Å². The van der Waals surface area contributed by atoms with E-state index in [2.05, 4.69) is 5.32 Å². The maximum atomic E-state index is 14.6. The van der Waals surface area contributed by atoms with Gasteiger partial charge in [0.05, 0.1) is 10.9 Å². The lowest BCUT2D eigenvalue weighted by Crippen LogP contribution is -2.00. The summed E-state index contributed by atoms with van der Waals surface area (Å²) in [6.45, 7) is 0. The van der Waals surface area contributed by atoms with Crippen LogP contribution in [-0.4, -0.2) is 0 Å². The third kappa shape index (κ3) is 2.56. The molecule has 0 saturated carbocycles. The Morgan fingerprint density at radius 1 is 0.786 bits per heavy atom. The molecule has 0 fully saturated rings. The van der Waals surface area contributed by atoms with Crippen molar-refractivity contribution >= 4 is 33.5 Å². The van der Waals surface area contributed by atoms with Crippen molar-refractivity contribution in [2.75, 3.05) is 5.32 Å². The molecule has 0 radical (unpaired) electrons. The summed E-state index contributed by atoms with van der Waals surface area (Å²) in [7, 11) is 0. The second-order valence-corrected chi connectivity index (χ2v) is 6.37. The number of para-hydroxylation sites is 2. The summed E-state index contributed by atoms with van der Waals surface area (Å²) in [4.78, 5) is 12.8. The monoisotopic (exact) mass is 371 g/mol. The van der Waals surface area contributed by atoms with E-state index < -0.39 is 11.4 Å². The van der Waals surface area contributed by atoms with Gasteiger partial charge in [-0.05, 0) is 30.3 Å². The minimum Gasteiger partial charge on any atom is -0.439 e. The van der Waals surface area contributed by atoms with Crippen molar-refractivity contribution in [3.63, 3.8) is 0 Å². The molecule has 1 N–H and O–H groups in total. The second kappa shape index (κ2) is 6.39. The average Bonchev–Trinajstić information content (AvgIpc) is 3.09. The van der Waals surface area contributed by atoms with E-state index in [-0.39, 0.29) is 16.8 Å². The van der Waals surface area contributed by atoms with Gasteiger partial charge >= 0.3 is 5.63 Å². The fraction of sp³-hybridized carbons (Fsp3) is 0. The van der Waals surface area contributed by atoms with Gasteiger partial charge in [-0.2, -0.15) is 0 Å². The maximum Gasteiger partial charge on any atom is 0.348 e. The highest BCUT2D eigenvalue weighted by atomic mass is 19.1. The van der Waals surface area contributed by atoms with Crippen LogP contribution in [0.2, 0.25) is 0 Å². The highest BCUT2D eigenvalue weighted by Crippen LogP contribution is 2.41. The standard InChI is InChI=1S/C23H14FNO3/c24-17-12-6-4-10-15(17)19-20-21(16-11-5-7-13-18(16)27-23(20)26)28-22(19)25-14-8-2-1-3-9-14/h1-13,25H. The summed E-state index contributed by atoms with van der Waals surface area (Å²) in [5.74, 6) is -0.163. The lowest BCUT2D eigenvalue weighted by molar-refractivity contribution is 0.566. The highest BCUT2D eigenvalue weighted by Gasteiger charge is 2.24. The third-order valence-electron chi connectivity index (χ3n) is 4.62. The molecule has 5 aromatic rings. The van der Waals surface area contributed by atoms with E-state index in [1.807, 2.05) is 42.5 Å². The van der Waals surface area contributed by atoms with Crippen molar-refractivity contribution < 1.29 is 13.2 Å². The molecule has 0 aliphatic carbocycles. The Morgan fingerprint density at radius 3 is 2.32 bits per heavy atom. The van der Waals surface area contributed by atoms with E-state index in [1.165, 1.54) is 6.07 Å².